The second-order valence-corrected chi connectivity index (χ2v) is 5.18. The highest BCUT2D eigenvalue weighted by atomic mass is 16.2. The highest BCUT2D eigenvalue weighted by molar-refractivity contribution is 5.79. The minimum Gasteiger partial charge on any atom is -0.342 e. The Bertz CT molecular complexity index is 391. The number of nitrogens with one attached hydrogen (secondary N) is 1. The monoisotopic (exact) mass is 235 g/mol. The minimum absolute atomic E-state index is 0.240. The summed E-state index contributed by atoms with van der Waals surface area (Å²) >= 11 is 0. The lowest BCUT2D eigenvalue weighted by molar-refractivity contribution is -0.132. The van der Waals surface area contributed by atoms with Gasteiger partial charge in [-0.1, -0.05) is 6.92 Å². The first-order valence-electron chi connectivity index (χ1n) is 6.36. The lowest BCUT2D eigenvalue weighted by Crippen LogP contribution is -2.40. The highest BCUT2D eigenvalue weighted by Crippen LogP contribution is 2.18. The minimum atomic E-state index is 0.240. The SMILES string of the molecule is Cc1n[nH]c(C)c1CC(=O)N1CCCC(C)C1. The molecule has 17 heavy (non-hydrogen) atoms. The number of carbonyl (C=O) groups excluding carboxylic acids is 1. The molecule has 1 amide bonds. The van der Waals surface area contributed by atoms with Gasteiger partial charge in [-0.25, -0.2) is 0 Å². The van der Waals surface area contributed by atoms with Crippen LogP contribution in [0.25, 0.3) is 0 Å². The molecule has 0 aromatic carbocycles. The molecule has 0 bridgehead atoms. The predicted octanol–water partition coefficient (Wildman–Crippen LogP) is 1.83. The van der Waals surface area contributed by atoms with E-state index in [1.807, 2.05) is 18.7 Å². The third-order valence-corrected chi connectivity index (χ3v) is 3.62. The zero-order valence-electron chi connectivity index (χ0n) is 10.9. The smallest absolute Gasteiger partial charge is 0.227 e. The van der Waals surface area contributed by atoms with Gasteiger partial charge in [0.2, 0.25) is 5.91 Å². The number of amides is 1. The Hall–Kier alpha value is -1.32. The first-order chi connectivity index (χ1) is 8.08. The normalized spacial score (nSPS) is 20.6. The third kappa shape index (κ3) is 2.68. The fourth-order valence-electron chi connectivity index (χ4n) is 2.51. The molecule has 1 aromatic heterocycles. The summed E-state index contributed by atoms with van der Waals surface area (Å²) in [5, 5.41) is 7.07. The summed E-state index contributed by atoms with van der Waals surface area (Å²) in [6.07, 6.45) is 2.87. The number of nitrogens with zero attached hydrogens (tertiary/aromatic N) is 2. The number of aromatic nitrogens is 2. The molecule has 1 N–H and O–H groups in total. The van der Waals surface area contributed by atoms with E-state index >= 15 is 0 Å². The van der Waals surface area contributed by atoms with Gasteiger partial charge in [0.1, 0.15) is 0 Å². The van der Waals surface area contributed by atoms with Crippen LogP contribution in [-0.2, 0) is 11.2 Å². The molecule has 1 aliphatic heterocycles. The topological polar surface area (TPSA) is 49.0 Å². The molecular formula is C13H21N3O. The van der Waals surface area contributed by atoms with E-state index in [0.29, 0.717) is 12.3 Å². The lowest BCUT2D eigenvalue weighted by atomic mass is 9.99. The van der Waals surface area contributed by atoms with Crippen molar-refractivity contribution in [2.45, 2.75) is 40.0 Å². The third-order valence-electron chi connectivity index (χ3n) is 3.62. The summed E-state index contributed by atoms with van der Waals surface area (Å²) in [7, 11) is 0. The summed E-state index contributed by atoms with van der Waals surface area (Å²) < 4.78 is 0. The Morgan fingerprint density at radius 3 is 2.88 bits per heavy atom. The summed E-state index contributed by atoms with van der Waals surface area (Å²) in [6.45, 7) is 7.97. The molecule has 1 aliphatic rings. The first kappa shape index (κ1) is 12.1. The van der Waals surface area contributed by atoms with Crippen molar-refractivity contribution in [3.63, 3.8) is 0 Å². The van der Waals surface area contributed by atoms with Crippen molar-refractivity contribution in [2.75, 3.05) is 13.1 Å². The number of aryl methyl sites for hydroxylation is 2. The van der Waals surface area contributed by atoms with E-state index in [1.165, 1.54) is 6.42 Å². The van der Waals surface area contributed by atoms with Crippen molar-refractivity contribution in [1.29, 1.82) is 0 Å². The summed E-state index contributed by atoms with van der Waals surface area (Å²) in [6, 6.07) is 0. The van der Waals surface area contributed by atoms with Crippen LogP contribution < -0.4 is 0 Å². The van der Waals surface area contributed by atoms with Gasteiger partial charge in [0.05, 0.1) is 12.1 Å². The number of H-pyrrole nitrogens is 1. The number of hydrogen-bond donors (Lipinski definition) is 1. The molecule has 2 rings (SSSR count). The quantitative estimate of drug-likeness (QED) is 0.850. The molecule has 4 heteroatoms. The molecule has 4 nitrogen and oxygen atoms in total. The second kappa shape index (κ2) is 4.90. The fraction of sp³-hybridized carbons (Fsp3) is 0.692. The average molecular weight is 235 g/mol. The molecular weight excluding hydrogens is 214 g/mol. The maximum absolute atomic E-state index is 12.2. The van der Waals surface area contributed by atoms with Crippen LogP contribution >= 0.6 is 0 Å². The molecule has 94 valence electrons. The van der Waals surface area contributed by atoms with Crippen LogP contribution in [0.5, 0.6) is 0 Å². The van der Waals surface area contributed by atoms with Gasteiger partial charge in [-0.15, -0.1) is 0 Å². The van der Waals surface area contributed by atoms with Gasteiger partial charge < -0.3 is 4.90 Å². The van der Waals surface area contributed by atoms with E-state index in [9.17, 15) is 4.79 Å². The first-order valence-corrected chi connectivity index (χ1v) is 6.36. The molecule has 0 aliphatic carbocycles. The van der Waals surface area contributed by atoms with E-state index in [0.717, 1.165) is 36.5 Å². The molecule has 2 heterocycles. The molecule has 0 radical (unpaired) electrons. The summed E-state index contributed by atoms with van der Waals surface area (Å²) in [4.78, 5) is 14.2. The summed E-state index contributed by atoms with van der Waals surface area (Å²) in [5.74, 6) is 0.878. The molecule has 1 unspecified atom stereocenters. The van der Waals surface area contributed by atoms with Gasteiger partial charge in [0.15, 0.2) is 0 Å². The molecule has 0 spiro atoms. The van der Waals surface area contributed by atoms with E-state index in [-0.39, 0.29) is 5.91 Å². The molecule has 1 atom stereocenters. The van der Waals surface area contributed by atoms with Crippen LogP contribution in [0.1, 0.15) is 36.7 Å². The van der Waals surface area contributed by atoms with Gasteiger partial charge in [0, 0.05) is 24.3 Å². The number of piperidine rings is 1. The van der Waals surface area contributed by atoms with E-state index in [2.05, 4.69) is 17.1 Å². The van der Waals surface area contributed by atoms with Crippen molar-refractivity contribution >= 4 is 5.91 Å². The molecule has 0 saturated carbocycles. The van der Waals surface area contributed by atoms with Gasteiger partial charge in [-0.3, -0.25) is 9.89 Å². The Morgan fingerprint density at radius 2 is 2.29 bits per heavy atom. The van der Waals surface area contributed by atoms with Crippen molar-refractivity contribution in [2.24, 2.45) is 5.92 Å². The highest BCUT2D eigenvalue weighted by Gasteiger charge is 2.22. The molecule has 1 aromatic rings. The maximum Gasteiger partial charge on any atom is 0.227 e. The molecule has 1 saturated heterocycles. The Morgan fingerprint density at radius 1 is 1.53 bits per heavy atom. The number of carbonyl (C=O) groups is 1. The largest absolute Gasteiger partial charge is 0.342 e. The predicted molar refractivity (Wildman–Crippen MR) is 66.7 cm³/mol. The van der Waals surface area contributed by atoms with Crippen LogP contribution in [0.15, 0.2) is 0 Å². The van der Waals surface area contributed by atoms with Crippen molar-refractivity contribution in [1.82, 2.24) is 15.1 Å². The van der Waals surface area contributed by atoms with Crippen LogP contribution in [0, 0.1) is 19.8 Å². The Balaban J connectivity index is 2.01. The van der Waals surface area contributed by atoms with Gasteiger partial charge in [0.25, 0.3) is 0 Å². The Kier molecular flexibility index (Phi) is 3.50. The van der Waals surface area contributed by atoms with Gasteiger partial charge in [-0.05, 0) is 32.6 Å². The van der Waals surface area contributed by atoms with Crippen molar-refractivity contribution in [3.05, 3.63) is 17.0 Å². The zero-order chi connectivity index (χ0) is 12.4. The summed E-state index contributed by atoms with van der Waals surface area (Å²) in [5.41, 5.74) is 3.02. The van der Waals surface area contributed by atoms with Gasteiger partial charge in [-0.2, -0.15) is 5.10 Å². The van der Waals surface area contributed by atoms with Crippen LogP contribution in [0.2, 0.25) is 0 Å². The molecule has 1 fully saturated rings. The van der Waals surface area contributed by atoms with Crippen molar-refractivity contribution < 1.29 is 4.79 Å². The average Bonchev–Trinajstić information content (AvgIpc) is 2.61. The fourth-order valence-corrected chi connectivity index (χ4v) is 2.51. The maximum atomic E-state index is 12.2. The number of rotatable bonds is 2. The van der Waals surface area contributed by atoms with Crippen LogP contribution in [0.4, 0.5) is 0 Å². The van der Waals surface area contributed by atoms with E-state index in [4.69, 9.17) is 0 Å². The van der Waals surface area contributed by atoms with Crippen LogP contribution in [0.3, 0.4) is 0 Å². The second-order valence-electron chi connectivity index (χ2n) is 5.18. The number of aromatic amines is 1. The lowest BCUT2D eigenvalue weighted by Gasteiger charge is -2.31. The van der Waals surface area contributed by atoms with Crippen molar-refractivity contribution in [3.8, 4) is 0 Å². The van der Waals surface area contributed by atoms with Crippen LogP contribution in [-0.4, -0.2) is 34.1 Å². The standard InChI is InChI=1S/C13H21N3O/c1-9-5-4-6-16(8-9)13(17)7-12-10(2)14-15-11(12)3/h9H,4-8H2,1-3H3,(H,14,15). The Labute approximate surface area is 102 Å². The zero-order valence-corrected chi connectivity index (χ0v) is 10.9. The number of hydrogen-bond acceptors (Lipinski definition) is 2. The van der Waals surface area contributed by atoms with Gasteiger partial charge >= 0.3 is 0 Å². The van der Waals surface area contributed by atoms with E-state index < -0.39 is 0 Å². The van der Waals surface area contributed by atoms with E-state index in [1.54, 1.807) is 0 Å². The number of likely N-dealkylation sites (tertiary alicyclic amines) is 1.